The summed E-state index contributed by atoms with van der Waals surface area (Å²) < 4.78 is 5.54. The Morgan fingerprint density at radius 1 is 0.952 bits per heavy atom. The average molecular weight is 609 g/mol. The van der Waals surface area contributed by atoms with E-state index in [1.54, 1.807) is 7.11 Å². The van der Waals surface area contributed by atoms with Gasteiger partial charge in [-0.1, -0.05) is 66.5 Å². The number of ether oxygens (including phenoxy) is 1. The summed E-state index contributed by atoms with van der Waals surface area (Å²) in [5, 5.41) is 0.959. The molecule has 0 aliphatic carbocycles. The molecule has 3 unspecified atom stereocenters. The van der Waals surface area contributed by atoms with Gasteiger partial charge in [-0.3, -0.25) is 14.5 Å². The van der Waals surface area contributed by atoms with Gasteiger partial charge in [-0.2, -0.15) is 0 Å². The zero-order chi connectivity index (χ0) is 30.2. The van der Waals surface area contributed by atoms with E-state index in [1.807, 2.05) is 79.4 Å². The minimum Gasteiger partial charge on any atom is -0.496 e. The van der Waals surface area contributed by atoms with Crippen LogP contribution in [0.25, 0.3) is 0 Å². The summed E-state index contributed by atoms with van der Waals surface area (Å²) in [7, 11) is 1.65. The van der Waals surface area contributed by atoms with Crippen LogP contribution >= 0.6 is 23.2 Å². The Kier molecular flexibility index (Phi) is 8.62. The van der Waals surface area contributed by atoms with Gasteiger partial charge in [0, 0.05) is 30.1 Å². The van der Waals surface area contributed by atoms with Gasteiger partial charge in [-0.15, -0.1) is 0 Å². The summed E-state index contributed by atoms with van der Waals surface area (Å²) in [6.45, 7) is 8.65. The normalized spacial score (nSPS) is 24.5. The van der Waals surface area contributed by atoms with Gasteiger partial charge in [0.1, 0.15) is 5.75 Å². The number of carbonyl (C=O) groups is 2. The van der Waals surface area contributed by atoms with Gasteiger partial charge in [0.2, 0.25) is 5.91 Å². The molecule has 2 heterocycles. The predicted molar refractivity (Wildman–Crippen MR) is 169 cm³/mol. The number of methoxy groups -OCH3 is 1. The molecule has 0 spiro atoms. The van der Waals surface area contributed by atoms with E-state index in [1.165, 1.54) is 0 Å². The first-order valence-electron chi connectivity index (χ1n) is 14.6. The van der Waals surface area contributed by atoms with Crippen molar-refractivity contribution in [2.75, 3.05) is 33.3 Å². The summed E-state index contributed by atoms with van der Waals surface area (Å²) in [5.41, 5.74) is 9.38. The third-order valence-corrected chi connectivity index (χ3v) is 10.4. The smallest absolute Gasteiger partial charge is 0.253 e. The topological polar surface area (TPSA) is 75.9 Å². The van der Waals surface area contributed by atoms with Crippen LogP contribution in [0.1, 0.15) is 58.8 Å². The van der Waals surface area contributed by atoms with Crippen molar-refractivity contribution in [3.63, 3.8) is 0 Å². The van der Waals surface area contributed by atoms with Crippen molar-refractivity contribution in [2.45, 2.75) is 56.9 Å². The molecule has 2 aliphatic heterocycles. The third kappa shape index (κ3) is 5.18. The van der Waals surface area contributed by atoms with Gasteiger partial charge in [0.15, 0.2) is 0 Å². The monoisotopic (exact) mass is 607 g/mol. The molecule has 0 saturated carbocycles. The molecule has 222 valence electrons. The van der Waals surface area contributed by atoms with Gasteiger partial charge in [-0.25, -0.2) is 0 Å². The highest BCUT2D eigenvalue weighted by molar-refractivity contribution is 6.42. The first-order valence-corrected chi connectivity index (χ1v) is 15.3. The molecule has 3 aromatic rings. The van der Waals surface area contributed by atoms with Crippen LogP contribution in [-0.4, -0.2) is 60.9 Å². The zero-order valence-electron chi connectivity index (χ0n) is 24.8. The van der Waals surface area contributed by atoms with Crippen LogP contribution in [0, 0.1) is 13.8 Å². The molecule has 2 amide bonds. The van der Waals surface area contributed by atoms with Gasteiger partial charge in [0.05, 0.1) is 22.6 Å². The van der Waals surface area contributed by atoms with Crippen molar-refractivity contribution in [2.24, 2.45) is 5.73 Å². The lowest BCUT2D eigenvalue weighted by Gasteiger charge is -2.52. The Hall–Kier alpha value is -3.06. The van der Waals surface area contributed by atoms with E-state index in [9.17, 15) is 9.59 Å². The molecule has 5 rings (SSSR count). The van der Waals surface area contributed by atoms with Crippen molar-refractivity contribution in [3.05, 3.63) is 98.5 Å². The van der Waals surface area contributed by atoms with E-state index >= 15 is 0 Å². The highest BCUT2D eigenvalue weighted by atomic mass is 35.5. The number of hydrogen-bond donors (Lipinski definition) is 1. The number of halogens is 2. The minimum absolute atomic E-state index is 0.0196. The summed E-state index contributed by atoms with van der Waals surface area (Å²) >= 11 is 13.0. The number of benzene rings is 3. The third-order valence-electron chi connectivity index (χ3n) is 9.64. The second-order valence-corrected chi connectivity index (χ2v) is 12.6. The number of amides is 2. The van der Waals surface area contributed by atoms with Crippen molar-refractivity contribution >= 4 is 35.0 Å². The number of primary amides is 1. The highest BCUT2D eigenvalue weighted by Crippen LogP contribution is 2.49. The van der Waals surface area contributed by atoms with E-state index in [-0.39, 0.29) is 17.9 Å². The second-order valence-electron chi connectivity index (χ2n) is 11.8. The molecule has 3 aromatic carbocycles. The number of nitrogens with zero attached hydrogens (tertiary/aromatic N) is 2. The molecule has 42 heavy (non-hydrogen) atoms. The molecule has 2 N–H and O–H groups in total. The van der Waals surface area contributed by atoms with E-state index < -0.39 is 10.8 Å². The summed E-state index contributed by atoms with van der Waals surface area (Å²) in [6.07, 6.45) is 1.90. The number of likely N-dealkylation sites (tertiary alicyclic amines) is 2. The maximum Gasteiger partial charge on any atom is 0.253 e. The van der Waals surface area contributed by atoms with E-state index in [0.29, 0.717) is 48.1 Å². The molecule has 2 saturated heterocycles. The molecule has 6 nitrogen and oxygen atoms in total. The molecular formula is C34H39Cl2N3O3. The Morgan fingerprint density at radius 3 is 2.24 bits per heavy atom. The second kappa shape index (κ2) is 11.9. The van der Waals surface area contributed by atoms with E-state index in [0.717, 1.165) is 41.0 Å². The first kappa shape index (κ1) is 30.4. The van der Waals surface area contributed by atoms with Crippen LogP contribution in [0.2, 0.25) is 10.0 Å². The van der Waals surface area contributed by atoms with Crippen molar-refractivity contribution in [1.82, 2.24) is 9.80 Å². The van der Waals surface area contributed by atoms with Crippen molar-refractivity contribution in [3.8, 4) is 5.75 Å². The summed E-state index contributed by atoms with van der Waals surface area (Å²) in [6, 6.07) is 19.4. The Labute approximate surface area is 258 Å². The molecule has 3 atom stereocenters. The van der Waals surface area contributed by atoms with Crippen LogP contribution in [0.3, 0.4) is 0 Å². The molecule has 8 heteroatoms. The van der Waals surface area contributed by atoms with Gasteiger partial charge >= 0.3 is 0 Å². The standard InChI is InChI=1S/C34H39Cl2N3O3/c1-5-38-15-13-33(32(37)41,25-9-7-6-8-10-25)20-29(38)34(26-11-12-27(35)28(36)19-26)14-16-39(21-34)31(40)24-17-22(2)30(42-4)23(3)18-24/h6-12,17-19,29H,5,13-16,20-21H2,1-4H3,(H2,37,41). The highest BCUT2D eigenvalue weighted by Gasteiger charge is 2.55. The largest absolute Gasteiger partial charge is 0.496 e. The van der Waals surface area contributed by atoms with Crippen LogP contribution in [0.5, 0.6) is 5.75 Å². The van der Waals surface area contributed by atoms with Crippen molar-refractivity contribution in [1.29, 1.82) is 0 Å². The van der Waals surface area contributed by atoms with E-state index in [2.05, 4.69) is 11.8 Å². The molecule has 0 bridgehead atoms. The van der Waals surface area contributed by atoms with Gasteiger partial charge in [-0.05, 0) is 92.7 Å². The fourth-order valence-corrected chi connectivity index (χ4v) is 7.75. The summed E-state index contributed by atoms with van der Waals surface area (Å²) in [5.74, 6) is 0.463. The quantitative estimate of drug-likeness (QED) is 0.341. The SMILES string of the molecule is CCN1CCC(C(N)=O)(c2ccccc2)CC1C1(c2ccc(Cl)c(Cl)c2)CCN(C(=O)c2cc(C)c(OC)c(C)c2)C1. The zero-order valence-corrected chi connectivity index (χ0v) is 26.3. The molecular weight excluding hydrogens is 569 g/mol. The number of piperidine rings is 1. The lowest BCUT2D eigenvalue weighted by atomic mass is 9.61. The number of likely N-dealkylation sites (N-methyl/N-ethyl adjacent to an activating group) is 1. The fourth-order valence-electron chi connectivity index (χ4n) is 7.45. The number of rotatable bonds is 7. The Bertz CT molecular complexity index is 1470. The average Bonchev–Trinajstić information content (AvgIpc) is 3.44. The van der Waals surface area contributed by atoms with Crippen LogP contribution in [0.4, 0.5) is 0 Å². The maximum absolute atomic E-state index is 14.0. The predicted octanol–water partition coefficient (Wildman–Crippen LogP) is 6.31. The molecule has 0 aromatic heterocycles. The van der Waals surface area contributed by atoms with Crippen molar-refractivity contribution < 1.29 is 14.3 Å². The lowest BCUT2D eigenvalue weighted by Crippen LogP contribution is -2.61. The van der Waals surface area contributed by atoms with Crippen LogP contribution in [-0.2, 0) is 15.6 Å². The van der Waals surface area contributed by atoms with E-state index in [4.69, 9.17) is 33.7 Å². The van der Waals surface area contributed by atoms with Gasteiger partial charge in [0.25, 0.3) is 5.91 Å². The number of hydrogen-bond acceptors (Lipinski definition) is 4. The maximum atomic E-state index is 14.0. The molecule has 2 fully saturated rings. The Balaban J connectivity index is 1.60. The number of aryl methyl sites for hydroxylation is 2. The van der Waals surface area contributed by atoms with Crippen LogP contribution < -0.4 is 10.5 Å². The minimum atomic E-state index is -0.817. The summed E-state index contributed by atoms with van der Waals surface area (Å²) in [4.78, 5) is 31.8. The lowest BCUT2D eigenvalue weighted by molar-refractivity contribution is -0.127. The molecule has 0 radical (unpaired) electrons. The number of nitrogens with two attached hydrogens (primary N) is 1. The first-order chi connectivity index (χ1) is 20.1. The fraction of sp³-hybridized carbons (Fsp3) is 0.412. The van der Waals surface area contributed by atoms with Crippen LogP contribution in [0.15, 0.2) is 60.7 Å². The number of carbonyl (C=O) groups excluding carboxylic acids is 2. The van der Waals surface area contributed by atoms with Gasteiger partial charge < -0.3 is 15.4 Å². The molecule has 2 aliphatic rings. The Morgan fingerprint density at radius 2 is 1.64 bits per heavy atom.